The molecule has 1 N–H and O–H groups in total. The zero-order chi connectivity index (χ0) is 12.7. The van der Waals surface area contributed by atoms with E-state index in [4.69, 9.17) is 9.47 Å². The van der Waals surface area contributed by atoms with Crippen molar-refractivity contribution in [2.75, 3.05) is 33.4 Å². The summed E-state index contributed by atoms with van der Waals surface area (Å²) in [5.41, 5.74) is 0. The summed E-state index contributed by atoms with van der Waals surface area (Å²) in [6.07, 6.45) is 1.91. The van der Waals surface area contributed by atoms with E-state index in [1.54, 1.807) is 7.11 Å². The number of hydrogen-bond donors (Lipinski definition) is 1. The van der Waals surface area contributed by atoms with E-state index in [-0.39, 0.29) is 18.2 Å². The lowest BCUT2D eigenvalue weighted by Crippen LogP contribution is -2.52. The third kappa shape index (κ3) is 4.61. The number of methoxy groups -OCH3 is 1. The van der Waals surface area contributed by atoms with Gasteiger partial charge in [0.25, 0.3) is 0 Å². The van der Waals surface area contributed by atoms with Crippen LogP contribution in [0.4, 0.5) is 0 Å². The van der Waals surface area contributed by atoms with E-state index in [9.17, 15) is 4.79 Å². The highest BCUT2D eigenvalue weighted by Crippen LogP contribution is 2.09. The Morgan fingerprint density at radius 2 is 2.41 bits per heavy atom. The summed E-state index contributed by atoms with van der Waals surface area (Å²) in [5.74, 6) is 0.0928. The molecule has 1 aliphatic rings. The average Bonchev–Trinajstić information content (AvgIpc) is 2.38. The van der Waals surface area contributed by atoms with E-state index in [1.165, 1.54) is 0 Å². The van der Waals surface area contributed by atoms with E-state index < -0.39 is 0 Å². The maximum atomic E-state index is 11.9. The first-order valence-electron chi connectivity index (χ1n) is 6.35. The van der Waals surface area contributed by atoms with Gasteiger partial charge in [0.2, 0.25) is 5.91 Å². The number of nitrogens with one attached hydrogen (secondary N) is 1. The van der Waals surface area contributed by atoms with E-state index >= 15 is 0 Å². The van der Waals surface area contributed by atoms with Crippen molar-refractivity contribution >= 4 is 5.91 Å². The summed E-state index contributed by atoms with van der Waals surface area (Å²) in [5, 5.41) is 2.95. The lowest BCUT2D eigenvalue weighted by molar-refractivity contribution is -0.172. The lowest BCUT2D eigenvalue weighted by Gasteiger charge is -2.35. The molecule has 1 fully saturated rings. The van der Waals surface area contributed by atoms with E-state index in [1.807, 2.05) is 6.92 Å². The highest BCUT2D eigenvalue weighted by atomic mass is 16.7. The second-order valence-corrected chi connectivity index (χ2v) is 4.35. The van der Waals surface area contributed by atoms with Crippen LogP contribution in [0.25, 0.3) is 0 Å². The number of amides is 1. The van der Waals surface area contributed by atoms with Crippen LogP contribution in [0.15, 0.2) is 0 Å². The van der Waals surface area contributed by atoms with Gasteiger partial charge in [-0.25, -0.2) is 0 Å². The Kier molecular flexibility index (Phi) is 6.47. The Morgan fingerprint density at radius 3 is 3.06 bits per heavy atom. The Labute approximate surface area is 103 Å². The van der Waals surface area contributed by atoms with E-state index in [2.05, 4.69) is 17.1 Å². The SMILES string of the molecule is CCCCNC(=O)[C@H](C)N1CCO[C@@H](OC)C1. The van der Waals surface area contributed by atoms with Crippen LogP contribution in [-0.4, -0.2) is 56.5 Å². The summed E-state index contributed by atoms with van der Waals surface area (Å²) in [6.45, 7) is 6.85. The number of nitrogens with zero attached hydrogens (tertiary/aromatic N) is 1. The maximum absolute atomic E-state index is 11.9. The molecular formula is C12H24N2O3. The number of unbranched alkanes of at least 4 members (excludes halogenated alkanes) is 1. The van der Waals surface area contributed by atoms with Crippen molar-refractivity contribution in [3.05, 3.63) is 0 Å². The highest BCUT2D eigenvalue weighted by molar-refractivity contribution is 5.81. The summed E-state index contributed by atoms with van der Waals surface area (Å²) in [7, 11) is 1.63. The van der Waals surface area contributed by atoms with E-state index in [0.29, 0.717) is 13.2 Å². The fourth-order valence-corrected chi connectivity index (χ4v) is 1.83. The van der Waals surface area contributed by atoms with Crippen LogP contribution in [0.2, 0.25) is 0 Å². The van der Waals surface area contributed by atoms with Crippen LogP contribution in [0.1, 0.15) is 26.7 Å². The lowest BCUT2D eigenvalue weighted by atomic mass is 10.2. The van der Waals surface area contributed by atoms with Gasteiger partial charge >= 0.3 is 0 Å². The van der Waals surface area contributed by atoms with Gasteiger partial charge in [-0.3, -0.25) is 9.69 Å². The number of morpholine rings is 1. The monoisotopic (exact) mass is 244 g/mol. The van der Waals surface area contributed by atoms with Crippen molar-refractivity contribution in [1.29, 1.82) is 0 Å². The Hall–Kier alpha value is -0.650. The number of ether oxygens (including phenoxy) is 2. The first kappa shape index (κ1) is 14.4. The average molecular weight is 244 g/mol. The van der Waals surface area contributed by atoms with Crippen molar-refractivity contribution in [3.8, 4) is 0 Å². The number of rotatable bonds is 6. The summed E-state index contributed by atoms with van der Waals surface area (Å²) in [4.78, 5) is 14.0. The van der Waals surface area contributed by atoms with Crippen molar-refractivity contribution in [3.63, 3.8) is 0 Å². The predicted octanol–water partition coefficient (Wildman–Crippen LogP) is 0.596. The van der Waals surface area contributed by atoms with Crippen LogP contribution in [0.5, 0.6) is 0 Å². The van der Waals surface area contributed by atoms with Crippen LogP contribution < -0.4 is 5.32 Å². The second-order valence-electron chi connectivity index (χ2n) is 4.35. The number of carbonyl (C=O) groups excluding carboxylic acids is 1. The molecule has 0 aromatic heterocycles. The molecule has 0 saturated carbocycles. The van der Waals surface area contributed by atoms with Crippen molar-refractivity contribution in [2.24, 2.45) is 0 Å². The van der Waals surface area contributed by atoms with Crippen LogP contribution in [-0.2, 0) is 14.3 Å². The van der Waals surface area contributed by atoms with Gasteiger partial charge in [-0.15, -0.1) is 0 Å². The van der Waals surface area contributed by atoms with Gasteiger partial charge in [0.1, 0.15) is 0 Å². The predicted molar refractivity (Wildman–Crippen MR) is 65.7 cm³/mol. The topological polar surface area (TPSA) is 50.8 Å². The van der Waals surface area contributed by atoms with Crippen molar-refractivity contribution in [2.45, 2.75) is 39.0 Å². The first-order chi connectivity index (χ1) is 8.19. The van der Waals surface area contributed by atoms with Gasteiger partial charge in [-0.05, 0) is 13.3 Å². The molecule has 100 valence electrons. The number of hydrogen-bond acceptors (Lipinski definition) is 4. The van der Waals surface area contributed by atoms with Gasteiger partial charge in [0.05, 0.1) is 19.2 Å². The zero-order valence-electron chi connectivity index (χ0n) is 11.1. The smallest absolute Gasteiger partial charge is 0.237 e. The summed E-state index contributed by atoms with van der Waals surface area (Å²) >= 11 is 0. The van der Waals surface area contributed by atoms with Crippen LogP contribution >= 0.6 is 0 Å². The highest BCUT2D eigenvalue weighted by Gasteiger charge is 2.27. The molecule has 0 bridgehead atoms. The maximum Gasteiger partial charge on any atom is 0.237 e. The molecule has 0 spiro atoms. The molecule has 0 unspecified atom stereocenters. The largest absolute Gasteiger partial charge is 0.355 e. The van der Waals surface area contributed by atoms with Crippen LogP contribution in [0.3, 0.4) is 0 Å². The molecule has 0 aromatic rings. The molecule has 0 aliphatic carbocycles. The minimum Gasteiger partial charge on any atom is -0.355 e. The minimum absolute atomic E-state index is 0.0928. The molecule has 0 aromatic carbocycles. The van der Waals surface area contributed by atoms with Gasteiger partial charge in [0, 0.05) is 20.2 Å². The second kappa shape index (κ2) is 7.63. The molecule has 1 heterocycles. The van der Waals surface area contributed by atoms with Crippen molar-refractivity contribution in [1.82, 2.24) is 10.2 Å². The molecule has 5 heteroatoms. The standard InChI is InChI=1S/C12H24N2O3/c1-4-5-6-13-12(15)10(2)14-7-8-17-11(9-14)16-3/h10-11H,4-9H2,1-3H3,(H,13,15)/t10-,11+/m0/s1. The molecule has 1 rings (SSSR count). The normalized spacial score (nSPS) is 23.4. The van der Waals surface area contributed by atoms with E-state index in [0.717, 1.165) is 25.9 Å². The molecule has 1 saturated heterocycles. The third-order valence-electron chi connectivity index (χ3n) is 3.09. The Bertz CT molecular complexity index is 236. The molecular weight excluding hydrogens is 220 g/mol. The quantitative estimate of drug-likeness (QED) is 0.695. The number of carbonyl (C=O) groups is 1. The van der Waals surface area contributed by atoms with Gasteiger partial charge < -0.3 is 14.8 Å². The third-order valence-corrected chi connectivity index (χ3v) is 3.09. The van der Waals surface area contributed by atoms with Crippen LogP contribution in [0, 0.1) is 0 Å². The summed E-state index contributed by atoms with van der Waals surface area (Å²) < 4.78 is 10.5. The summed E-state index contributed by atoms with van der Waals surface area (Å²) in [6, 6.07) is -0.117. The molecule has 1 aliphatic heterocycles. The molecule has 5 nitrogen and oxygen atoms in total. The molecule has 0 radical (unpaired) electrons. The Morgan fingerprint density at radius 1 is 1.65 bits per heavy atom. The van der Waals surface area contributed by atoms with Gasteiger partial charge in [0.15, 0.2) is 6.29 Å². The van der Waals surface area contributed by atoms with Gasteiger partial charge in [-0.2, -0.15) is 0 Å². The fraction of sp³-hybridized carbons (Fsp3) is 0.917. The zero-order valence-corrected chi connectivity index (χ0v) is 11.1. The Balaban J connectivity index is 2.34. The first-order valence-corrected chi connectivity index (χ1v) is 6.35. The molecule has 17 heavy (non-hydrogen) atoms. The van der Waals surface area contributed by atoms with Gasteiger partial charge in [-0.1, -0.05) is 13.3 Å². The fourth-order valence-electron chi connectivity index (χ4n) is 1.83. The minimum atomic E-state index is -0.213. The molecule has 1 amide bonds. The van der Waals surface area contributed by atoms with Crippen molar-refractivity contribution < 1.29 is 14.3 Å². The molecule has 2 atom stereocenters.